The lowest BCUT2D eigenvalue weighted by Crippen LogP contribution is -2.37. The molecular weight excluding hydrogens is 252 g/mol. The number of anilines is 1. The van der Waals surface area contributed by atoms with Gasteiger partial charge in [-0.05, 0) is 43.5 Å². The van der Waals surface area contributed by atoms with Gasteiger partial charge in [-0.15, -0.1) is 0 Å². The van der Waals surface area contributed by atoms with Gasteiger partial charge < -0.3 is 10.2 Å². The van der Waals surface area contributed by atoms with Crippen LogP contribution < -0.4 is 10.2 Å². The molecule has 0 unspecified atom stereocenters. The predicted molar refractivity (Wildman–Crippen MR) is 81.9 cm³/mol. The average molecular weight is 276 g/mol. The fraction of sp³-hybridized carbons (Fsp3) is 0.500. The Balaban J connectivity index is 2.67. The molecule has 2 amide bonds. The number of carbonyl (C=O) groups is 2. The minimum Gasteiger partial charge on any atom is -0.354 e. The highest BCUT2D eigenvalue weighted by Crippen LogP contribution is 2.18. The molecule has 1 aromatic carbocycles. The zero-order valence-electron chi connectivity index (χ0n) is 12.8. The minimum absolute atomic E-state index is 0.0157. The van der Waals surface area contributed by atoms with E-state index >= 15 is 0 Å². The van der Waals surface area contributed by atoms with Crippen molar-refractivity contribution in [1.29, 1.82) is 0 Å². The van der Waals surface area contributed by atoms with Crippen molar-refractivity contribution >= 4 is 17.5 Å². The summed E-state index contributed by atoms with van der Waals surface area (Å²) in [5.74, 6) is 0.0223. The largest absolute Gasteiger partial charge is 0.354 e. The van der Waals surface area contributed by atoms with Crippen molar-refractivity contribution in [3.63, 3.8) is 0 Å². The van der Waals surface area contributed by atoms with Crippen LogP contribution in [0.2, 0.25) is 0 Å². The number of aryl methyl sites for hydroxylation is 2. The van der Waals surface area contributed by atoms with E-state index in [0.717, 1.165) is 17.7 Å². The van der Waals surface area contributed by atoms with Crippen molar-refractivity contribution in [2.45, 2.75) is 40.5 Å². The molecule has 0 radical (unpaired) electrons. The molecule has 0 fully saturated rings. The molecule has 0 bridgehead atoms. The van der Waals surface area contributed by atoms with Crippen molar-refractivity contribution in [2.24, 2.45) is 0 Å². The van der Waals surface area contributed by atoms with Crippen LogP contribution in [0.3, 0.4) is 0 Å². The van der Waals surface area contributed by atoms with E-state index in [4.69, 9.17) is 0 Å². The maximum absolute atomic E-state index is 11.8. The van der Waals surface area contributed by atoms with Gasteiger partial charge in [0.1, 0.15) is 0 Å². The zero-order chi connectivity index (χ0) is 15.1. The lowest BCUT2D eigenvalue weighted by atomic mass is 10.1. The molecule has 0 heterocycles. The number of hydrogen-bond acceptors (Lipinski definition) is 2. The van der Waals surface area contributed by atoms with Gasteiger partial charge in [0.25, 0.3) is 0 Å². The molecule has 0 saturated carbocycles. The van der Waals surface area contributed by atoms with E-state index in [0.29, 0.717) is 19.5 Å². The van der Waals surface area contributed by atoms with Crippen molar-refractivity contribution in [2.75, 3.05) is 18.0 Å². The summed E-state index contributed by atoms with van der Waals surface area (Å²) in [5.41, 5.74) is 3.24. The third kappa shape index (κ3) is 4.68. The molecule has 20 heavy (non-hydrogen) atoms. The van der Waals surface area contributed by atoms with Crippen LogP contribution in [0.15, 0.2) is 18.2 Å². The molecule has 1 rings (SSSR count). The monoisotopic (exact) mass is 276 g/mol. The molecule has 1 N–H and O–H groups in total. The fourth-order valence-electron chi connectivity index (χ4n) is 1.98. The van der Waals surface area contributed by atoms with Gasteiger partial charge in [0.15, 0.2) is 0 Å². The number of nitrogens with one attached hydrogen (secondary N) is 1. The van der Waals surface area contributed by atoms with Gasteiger partial charge in [-0.2, -0.15) is 0 Å². The maximum Gasteiger partial charge on any atom is 0.223 e. The molecule has 0 aromatic heterocycles. The van der Waals surface area contributed by atoms with Gasteiger partial charge in [-0.3, -0.25) is 9.59 Å². The van der Waals surface area contributed by atoms with E-state index in [2.05, 4.69) is 5.32 Å². The Morgan fingerprint density at radius 3 is 2.45 bits per heavy atom. The first-order valence-corrected chi connectivity index (χ1v) is 7.07. The summed E-state index contributed by atoms with van der Waals surface area (Å²) in [6.07, 6.45) is 1.36. The average Bonchev–Trinajstić information content (AvgIpc) is 2.38. The summed E-state index contributed by atoms with van der Waals surface area (Å²) >= 11 is 0. The summed E-state index contributed by atoms with van der Waals surface area (Å²) in [6, 6.07) is 5.96. The SMILES string of the molecule is CCCC(=O)NCCN(C(C)=O)c1ccc(C)c(C)c1. The van der Waals surface area contributed by atoms with Gasteiger partial charge in [-0.25, -0.2) is 0 Å². The molecule has 110 valence electrons. The minimum atomic E-state index is -0.0157. The van der Waals surface area contributed by atoms with Crippen molar-refractivity contribution in [3.8, 4) is 0 Å². The standard InChI is InChI=1S/C16H24N2O2/c1-5-6-16(20)17-9-10-18(14(4)19)15-8-7-12(2)13(3)11-15/h7-8,11H,5-6,9-10H2,1-4H3,(H,17,20). The smallest absolute Gasteiger partial charge is 0.223 e. The lowest BCUT2D eigenvalue weighted by Gasteiger charge is -2.22. The van der Waals surface area contributed by atoms with E-state index in [1.807, 2.05) is 39.0 Å². The molecule has 0 aliphatic rings. The molecular formula is C16H24N2O2. The van der Waals surface area contributed by atoms with Crippen LogP contribution in [0.25, 0.3) is 0 Å². The van der Waals surface area contributed by atoms with Crippen LogP contribution in [0, 0.1) is 13.8 Å². The Hall–Kier alpha value is -1.84. The van der Waals surface area contributed by atoms with Crippen LogP contribution in [0.4, 0.5) is 5.69 Å². The molecule has 0 aliphatic carbocycles. The summed E-state index contributed by atoms with van der Waals surface area (Å²) in [6.45, 7) is 8.56. The molecule has 4 heteroatoms. The van der Waals surface area contributed by atoms with E-state index in [9.17, 15) is 9.59 Å². The van der Waals surface area contributed by atoms with Gasteiger partial charge in [-0.1, -0.05) is 13.0 Å². The Kier molecular flexibility index (Phi) is 6.22. The van der Waals surface area contributed by atoms with Crippen LogP contribution in [-0.2, 0) is 9.59 Å². The van der Waals surface area contributed by atoms with Gasteiger partial charge >= 0.3 is 0 Å². The second kappa shape index (κ2) is 7.68. The van der Waals surface area contributed by atoms with Crippen molar-refractivity contribution in [1.82, 2.24) is 5.32 Å². The number of nitrogens with zero attached hydrogens (tertiary/aromatic N) is 1. The summed E-state index contributed by atoms with van der Waals surface area (Å²) < 4.78 is 0. The Labute approximate surface area is 121 Å². The summed E-state index contributed by atoms with van der Waals surface area (Å²) in [7, 11) is 0. The van der Waals surface area contributed by atoms with E-state index in [-0.39, 0.29) is 11.8 Å². The molecule has 0 atom stereocenters. The number of benzene rings is 1. The number of hydrogen-bond donors (Lipinski definition) is 1. The highest BCUT2D eigenvalue weighted by Gasteiger charge is 2.12. The lowest BCUT2D eigenvalue weighted by molar-refractivity contribution is -0.121. The number of amides is 2. The molecule has 0 spiro atoms. The number of rotatable bonds is 6. The topological polar surface area (TPSA) is 49.4 Å². The van der Waals surface area contributed by atoms with E-state index in [1.54, 1.807) is 11.8 Å². The molecule has 1 aromatic rings. The normalized spacial score (nSPS) is 10.2. The highest BCUT2D eigenvalue weighted by atomic mass is 16.2. The molecule has 4 nitrogen and oxygen atoms in total. The van der Waals surface area contributed by atoms with Gasteiger partial charge in [0.05, 0.1) is 0 Å². The third-order valence-electron chi connectivity index (χ3n) is 3.32. The Morgan fingerprint density at radius 2 is 1.90 bits per heavy atom. The van der Waals surface area contributed by atoms with Crippen LogP contribution in [0.1, 0.15) is 37.8 Å². The first-order valence-electron chi connectivity index (χ1n) is 7.07. The second-order valence-electron chi connectivity index (χ2n) is 5.04. The first-order chi connectivity index (χ1) is 9.45. The van der Waals surface area contributed by atoms with Crippen molar-refractivity contribution in [3.05, 3.63) is 29.3 Å². The van der Waals surface area contributed by atoms with Crippen LogP contribution in [-0.4, -0.2) is 24.9 Å². The predicted octanol–water partition coefficient (Wildman–Crippen LogP) is 2.57. The van der Waals surface area contributed by atoms with Gasteiger partial charge in [0.2, 0.25) is 11.8 Å². The first kappa shape index (κ1) is 16.2. The van der Waals surface area contributed by atoms with Crippen LogP contribution in [0.5, 0.6) is 0 Å². The Bertz CT molecular complexity index is 483. The van der Waals surface area contributed by atoms with Crippen LogP contribution >= 0.6 is 0 Å². The van der Waals surface area contributed by atoms with Crippen molar-refractivity contribution < 1.29 is 9.59 Å². The zero-order valence-corrected chi connectivity index (χ0v) is 12.8. The third-order valence-corrected chi connectivity index (χ3v) is 3.32. The summed E-state index contributed by atoms with van der Waals surface area (Å²) in [4.78, 5) is 24.9. The second-order valence-corrected chi connectivity index (χ2v) is 5.04. The van der Waals surface area contributed by atoms with E-state index in [1.165, 1.54) is 5.56 Å². The quantitative estimate of drug-likeness (QED) is 0.868. The summed E-state index contributed by atoms with van der Waals surface area (Å²) in [5, 5.41) is 2.83. The van der Waals surface area contributed by atoms with E-state index < -0.39 is 0 Å². The molecule has 0 aliphatic heterocycles. The fourth-order valence-corrected chi connectivity index (χ4v) is 1.98. The van der Waals surface area contributed by atoms with Gasteiger partial charge in [0, 0.05) is 32.1 Å². The molecule has 0 saturated heterocycles. The highest BCUT2D eigenvalue weighted by molar-refractivity contribution is 5.91. The number of carbonyl (C=O) groups excluding carboxylic acids is 2. The Morgan fingerprint density at radius 1 is 1.20 bits per heavy atom. The maximum atomic E-state index is 11.8.